The number of allylic oxidation sites excluding steroid dienone is 6. The number of hydrogen-bond donors (Lipinski definition) is 6. The summed E-state index contributed by atoms with van der Waals surface area (Å²) in [7, 11) is -5.12. The maximum Gasteiger partial charge on any atom is 0.472 e. The number of phosphoric ester groups is 1. The van der Waals surface area contributed by atoms with Crippen LogP contribution in [0.5, 0.6) is 0 Å². The van der Waals surface area contributed by atoms with Crippen molar-refractivity contribution in [2.24, 2.45) is 0 Å². The van der Waals surface area contributed by atoms with Crippen LogP contribution < -0.4 is 0 Å². The van der Waals surface area contributed by atoms with Crippen molar-refractivity contribution in [3.05, 3.63) is 36.5 Å². The highest BCUT2D eigenvalue weighted by atomic mass is 31.2. The molecule has 0 aliphatic heterocycles. The number of unbranched alkanes of at least 4 members (excludes halogenated alkanes) is 21. The zero-order valence-electron chi connectivity index (χ0n) is 37.7. The highest BCUT2D eigenvalue weighted by Gasteiger charge is 2.51. The largest absolute Gasteiger partial charge is 0.472 e. The summed E-state index contributed by atoms with van der Waals surface area (Å²) in [5, 5.41) is 50.2. The van der Waals surface area contributed by atoms with Gasteiger partial charge in [0, 0.05) is 12.8 Å². The topological polar surface area (TPSA) is 210 Å². The molecule has 1 aliphatic rings. The molecule has 0 aromatic rings. The number of phosphoric acid groups is 1. The fourth-order valence-electron chi connectivity index (χ4n) is 7.12. The Labute approximate surface area is 368 Å². The van der Waals surface area contributed by atoms with Crippen LogP contribution >= 0.6 is 7.82 Å². The summed E-state index contributed by atoms with van der Waals surface area (Å²) in [6.45, 7) is 3.26. The van der Waals surface area contributed by atoms with Gasteiger partial charge in [0.2, 0.25) is 0 Å². The summed E-state index contributed by atoms with van der Waals surface area (Å²) in [5.74, 6) is -1.12. The maximum absolute atomic E-state index is 12.8. The molecule has 0 amide bonds. The molecule has 0 spiro atoms. The van der Waals surface area contributed by atoms with E-state index < -0.39 is 75.7 Å². The Morgan fingerprint density at radius 1 is 0.508 bits per heavy atom. The first-order chi connectivity index (χ1) is 29.4. The Kier molecular flexibility index (Phi) is 35.0. The van der Waals surface area contributed by atoms with Gasteiger partial charge in [-0.2, -0.15) is 0 Å². The van der Waals surface area contributed by atoms with Crippen molar-refractivity contribution in [1.82, 2.24) is 0 Å². The molecule has 0 bridgehead atoms. The minimum absolute atomic E-state index is 0.0725. The Bertz CT molecular complexity index is 1210. The van der Waals surface area contributed by atoms with E-state index in [4.69, 9.17) is 18.5 Å². The van der Waals surface area contributed by atoms with Crippen LogP contribution in [0.15, 0.2) is 36.5 Å². The van der Waals surface area contributed by atoms with Crippen molar-refractivity contribution in [2.75, 3.05) is 13.2 Å². The molecule has 1 rings (SSSR count). The third-order valence-corrected chi connectivity index (χ3v) is 12.0. The zero-order chi connectivity index (χ0) is 45.0. The molecule has 6 N–H and O–H groups in total. The number of aliphatic hydroxyl groups is 5. The average molecular weight is 889 g/mol. The van der Waals surface area contributed by atoms with E-state index in [1.165, 1.54) is 89.9 Å². The van der Waals surface area contributed by atoms with E-state index in [1.54, 1.807) is 0 Å². The van der Waals surface area contributed by atoms with E-state index in [1.807, 2.05) is 0 Å². The van der Waals surface area contributed by atoms with Gasteiger partial charge >= 0.3 is 19.8 Å². The van der Waals surface area contributed by atoms with Crippen molar-refractivity contribution in [2.45, 2.75) is 236 Å². The molecule has 8 atom stereocenters. The molecule has 0 radical (unpaired) electrons. The first-order valence-corrected chi connectivity index (χ1v) is 25.3. The predicted molar refractivity (Wildman–Crippen MR) is 240 cm³/mol. The second kappa shape index (κ2) is 37.4. The molecule has 0 aromatic heterocycles. The van der Waals surface area contributed by atoms with E-state index in [0.29, 0.717) is 12.8 Å². The number of rotatable bonds is 39. The lowest BCUT2D eigenvalue weighted by Gasteiger charge is -2.41. The molecule has 61 heavy (non-hydrogen) atoms. The molecular formula is C47H85O13P. The molecule has 1 fully saturated rings. The van der Waals surface area contributed by atoms with Gasteiger partial charge in [0.15, 0.2) is 6.10 Å². The van der Waals surface area contributed by atoms with Gasteiger partial charge in [-0.1, -0.05) is 166 Å². The monoisotopic (exact) mass is 889 g/mol. The number of esters is 2. The summed E-state index contributed by atoms with van der Waals surface area (Å²) < 4.78 is 33.5. The van der Waals surface area contributed by atoms with Crippen molar-refractivity contribution in [3.8, 4) is 0 Å². The van der Waals surface area contributed by atoms with Crippen LogP contribution in [0.3, 0.4) is 0 Å². The van der Waals surface area contributed by atoms with Crippen LogP contribution in [-0.2, 0) is 32.7 Å². The van der Waals surface area contributed by atoms with Gasteiger partial charge in [0.1, 0.15) is 43.2 Å². The first kappa shape index (κ1) is 57.1. The number of hydrogen-bond acceptors (Lipinski definition) is 12. The van der Waals surface area contributed by atoms with Crippen molar-refractivity contribution >= 4 is 19.8 Å². The summed E-state index contributed by atoms with van der Waals surface area (Å²) in [6.07, 6.45) is 29.1. The lowest BCUT2D eigenvalue weighted by atomic mass is 9.85. The van der Waals surface area contributed by atoms with E-state index in [-0.39, 0.29) is 12.8 Å². The molecule has 1 saturated carbocycles. The molecule has 6 unspecified atom stereocenters. The van der Waals surface area contributed by atoms with Crippen LogP contribution in [-0.4, -0.2) is 98.3 Å². The molecule has 0 saturated heterocycles. The summed E-state index contributed by atoms with van der Waals surface area (Å²) in [4.78, 5) is 35.7. The van der Waals surface area contributed by atoms with Gasteiger partial charge in [-0.3, -0.25) is 18.6 Å². The number of aliphatic hydroxyl groups excluding tert-OH is 5. The molecular weight excluding hydrogens is 803 g/mol. The van der Waals surface area contributed by atoms with Gasteiger partial charge in [0.05, 0.1) is 6.61 Å². The maximum atomic E-state index is 12.8. The van der Waals surface area contributed by atoms with E-state index >= 15 is 0 Å². The quantitative estimate of drug-likeness (QED) is 0.0147. The predicted octanol–water partition coefficient (Wildman–Crippen LogP) is 9.39. The van der Waals surface area contributed by atoms with Gasteiger partial charge in [-0.25, -0.2) is 4.57 Å². The SMILES string of the molecule is CCCCC/C=C\C/C=C\C/C=C\CCCCCCC(=O)O[C@H](COC(=O)CCCCCCCCCCCCCCCCC)COP(=O)(O)OC1C(O)C(O)C(O)[C@@H](O)C1O. The highest BCUT2D eigenvalue weighted by molar-refractivity contribution is 7.47. The second-order valence-corrected chi connectivity index (χ2v) is 18.0. The number of carbonyl (C=O) groups is 2. The lowest BCUT2D eigenvalue weighted by molar-refractivity contribution is -0.220. The van der Waals surface area contributed by atoms with Crippen molar-refractivity contribution in [3.63, 3.8) is 0 Å². The van der Waals surface area contributed by atoms with Crippen LogP contribution in [0.4, 0.5) is 0 Å². The van der Waals surface area contributed by atoms with Gasteiger partial charge in [-0.05, 0) is 51.4 Å². The minimum atomic E-state index is -5.12. The zero-order valence-corrected chi connectivity index (χ0v) is 38.6. The Morgan fingerprint density at radius 3 is 1.38 bits per heavy atom. The molecule has 0 heterocycles. The van der Waals surface area contributed by atoms with Gasteiger partial charge < -0.3 is 39.9 Å². The molecule has 13 nitrogen and oxygen atoms in total. The number of carbonyl (C=O) groups excluding carboxylic acids is 2. The van der Waals surface area contributed by atoms with E-state index in [9.17, 15) is 44.6 Å². The Morgan fingerprint density at radius 2 is 0.885 bits per heavy atom. The number of ether oxygens (including phenoxy) is 2. The van der Waals surface area contributed by atoms with Crippen LogP contribution in [0.1, 0.15) is 194 Å². The normalized spacial score (nSPS) is 22.3. The highest BCUT2D eigenvalue weighted by Crippen LogP contribution is 2.47. The fraction of sp³-hybridized carbons (Fsp3) is 0.830. The summed E-state index contributed by atoms with van der Waals surface area (Å²) >= 11 is 0. The first-order valence-electron chi connectivity index (χ1n) is 23.8. The molecule has 1 aliphatic carbocycles. The standard InChI is InChI=1S/C47H85O13P/c1-3-5-7-9-11-13-15-17-19-20-22-24-26-28-30-32-34-36-41(49)59-39(38-58-61(55,56)60-47-45(53)43(51)42(50)44(52)46(47)54)37-57-40(48)35-33-31-29-27-25-23-21-18-16-14-12-10-8-6-4-2/h11,13,17,19,22,24,39,42-47,50-54H,3-10,12,14-16,18,20-21,23,25-38H2,1-2H3,(H,55,56)/b13-11-,19-17-,24-22-/t39-,42?,43-,44?,45?,46?,47?/m1/s1. The smallest absolute Gasteiger partial charge is 0.462 e. The molecule has 14 heteroatoms. The lowest BCUT2D eigenvalue weighted by Crippen LogP contribution is -2.64. The molecule has 356 valence electrons. The van der Waals surface area contributed by atoms with Gasteiger partial charge in [-0.15, -0.1) is 0 Å². The Hall–Kier alpha value is -1.93. The van der Waals surface area contributed by atoms with Crippen LogP contribution in [0, 0.1) is 0 Å². The summed E-state index contributed by atoms with van der Waals surface area (Å²) in [5.41, 5.74) is 0. The van der Waals surface area contributed by atoms with Crippen LogP contribution in [0.25, 0.3) is 0 Å². The van der Waals surface area contributed by atoms with Gasteiger partial charge in [0.25, 0.3) is 0 Å². The average Bonchev–Trinajstić information content (AvgIpc) is 3.24. The van der Waals surface area contributed by atoms with E-state index in [0.717, 1.165) is 64.2 Å². The Balaban J connectivity index is 2.46. The third kappa shape index (κ3) is 30.0. The van der Waals surface area contributed by atoms with E-state index in [2.05, 4.69) is 50.3 Å². The minimum Gasteiger partial charge on any atom is -0.462 e. The summed E-state index contributed by atoms with van der Waals surface area (Å²) in [6, 6.07) is 0. The fourth-order valence-corrected chi connectivity index (χ4v) is 8.09. The van der Waals surface area contributed by atoms with Crippen molar-refractivity contribution < 1.29 is 63.1 Å². The van der Waals surface area contributed by atoms with Crippen LogP contribution in [0.2, 0.25) is 0 Å². The molecule has 0 aromatic carbocycles. The third-order valence-electron chi connectivity index (χ3n) is 11.0. The van der Waals surface area contributed by atoms with Crippen molar-refractivity contribution in [1.29, 1.82) is 0 Å². The second-order valence-electron chi connectivity index (χ2n) is 16.6.